The van der Waals surface area contributed by atoms with Crippen molar-refractivity contribution in [2.45, 2.75) is 33.1 Å². The maximum absolute atomic E-state index is 11.4. The van der Waals surface area contributed by atoms with Crippen LogP contribution in [0.4, 0.5) is 0 Å². The molecule has 0 unspecified atom stereocenters. The highest BCUT2D eigenvalue weighted by molar-refractivity contribution is 5.88. The summed E-state index contributed by atoms with van der Waals surface area (Å²) in [6, 6.07) is 0. The van der Waals surface area contributed by atoms with Crippen LogP contribution in [0.2, 0.25) is 0 Å². The van der Waals surface area contributed by atoms with Crippen molar-refractivity contribution in [3.8, 4) is 11.8 Å². The predicted octanol–water partition coefficient (Wildman–Crippen LogP) is 1.47. The van der Waals surface area contributed by atoms with Gasteiger partial charge in [-0.2, -0.15) is 0 Å². The summed E-state index contributed by atoms with van der Waals surface area (Å²) in [5.41, 5.74) is 0. The number of carbonyl (C=O) groups excluding carboxylic acids is 2. The van der Waals surface area contributed by atoms with E-state index in [0.717, 1.165) is 25.9 Å². The molecule has 3 nitrogen and oxygen atoms in total. The van der Waals surface area contributed by atoms with Gasteiger partial charge >= 0.3 is 0 Å². The van der Waals surface area contributed by atoms with Crippen molar-refractivity contribution in [3.05, 3.63) is 0 Å². The van der Waals surface area contributed by atoms with E-state index in [4.69, 9.17) is 0 Å². The molecule has 1 fully saturated rings. The Morgan fingerprint density at radius 2 is 2.06 bits per heavy atom. The van der Waals surface area contributed by atoms with Gasteiger partial charge in [0.05, 0.1) is 6.42 Å². The van der Waals surface area contributed by atoms with Gasteiger partial charge in [0.2, 0.25) is 5.91 Å². The van der Waals surface area contributed by atoms with Crippen LogP contribution in [0.15, 0.2) is 0 Å². The molecule has 1 heterocycles. The minimum absolute atomic E-state index is 0.0162. The van der Waals surface area contributed by atoms with Crippen LogP contribution in [0.25, 0.3) is 0 Å². The summed E-state index contributed by atoms with van der Waals surface area (Å²) in [7, 11) is 0. The second-order valence-electron chi connectivity index (χ2n) is 4.47. The molecule has 0 atom stereocenters. The Morgan fingerprint density at radius 3 is 2.56 bits per heavy atom. The Balaban J connectivity index is 2.37. The largest absolute Gasteiger partial charge is 0.342 e. The van der Waals surface area contributed by atoms with Crippen molar-refractivity contribution < 1.29 is 9.59 Å². The van der Waals surface area contributed by atoms with Gasteiger partial charge in [0.15, 0.2) is 0 Å². The third-order valence-electron chi connectivity index (χ3n) is 2.68. The van der Waals surface area contributed by atoms with Crippen LogP contribution in [-0.2, 0) is 9.59 Å². The van der Waals surface area contributed by atoms with Crippen molar-refractivity contribution in [2.24, 2.45) is 11.8 Å². The first kappa shape index (κ1) is 12.8. The van der Waals surface area contributed by atoms with E-state index >= 15 is 0 Å². The van der Waals surface area contributed by atoms with Gasteiger partial charge in [-0.15, -0.1) is 5.92 Å². The molecule has 0 aromatic rings. The van der Waals surface area contributed by atoms with Crippen LogP contribution in [-0.4, -0.2) is 30.2 Å². The van der Waals surface area contributed by atoms with Gasteiger partial charge in [-0.1, -0.05) is 19.8 Å². The summed E-state index contributed by atoms with van der Waals surface area (Å²) >= 11 is 0. The average molecular weight is 221 g/mol. The molecule has 1 aliphatic heterocycles. The Hall–Kier alpha value is -1.30. The molecular weight excluding hydrogens is 202 g/mol. The van der Waals surface area contributed by atoms with Gasteiger partial charge in [0.25, 0.3) is 0 Å². The Bertz CT molecular complexity index is 304. The summed E-state index contributed by atoms with van der Waals surface area (Å²) in [5, 5.41) is 0. The minimum Gasteiger partial charge on any atom is -0.342 e. The fourth-order valence-electron chi connectivity index (χ4n) is 1.76. The lowest BCUT2D eigenvalue weighted by atomic mass is 9.96. The number of hydrogen-bond acceptors (Lipinski definition) is 2. The standard InChI is InChI=1S/C13H19NO2/c1-11(2)3-4-12-5-8-14(9-6-12)13(16)7-10-15/h10-12H,5-9H2,1-2H3. The molecule has 3 heteroatoms. The maximum atomic E-state index is 11.4. The van der Waals surface area contributed by atoms with Crippen molar-refractivity contribution >= 4 is 12.2 Å². The lowest BCUT2D eigenvalue weighted by molar-refractivity contribution is -0.133. The van der Waals surface area contributed by atoms with Crippen molar-refractivity contribution in [3.63, 3.8) is 0 Å². The molecule has 0 aromatic carbocycles. The first-order valence-electron chi connectivity index (χ1n) is 5.86. The number of aldehydes is 1. The summed E-state index contributed by atoms with van der Waals surface area (Å²) in [6.07, 6.45) is 2.56. The van der Waals surface area contributed by atoms with Crippen LogP contribution in [0.3, 0.4) is 0 Å². The highest BCUT2D eigenvalue weighted by Crippen LogP contribution is 2.16. The van der Waals surface area contributed by atoms with Crippen LogP contribution < -0.4 is 0 Å². The Morgan fingerprint density at radius 1 is 1.44 bits per heavy atom. The molecule has 0 aromatic heterocycles. The van der Waals surface area contributed by atoms with Gasteiger partial charge < -0.3 is 9.69 Å². The van der Waals surface area contributed by atoms with E-state index in [1.54, 1.807) is 4.90 Å². The molecule has 0 radical (unpaired) electrons. The van der Waals surface area contributed by atoms with E-state index < -0.39 is 0 Å². The molecule has 1 rings (SSSR count). The van der Waals surface area contributed by atoms with E-state index in [1.165, 1.54) is 0 Å². The summed E-state index contributed by atoms with van der Waals surface area (Å²) < 4.78 is 0. The molecule has 16 heavy (non-hydrogen) atoms. The molecule has 1 amide bonds. The molecular formula is C13H19NO2. The Kier molecular flexibility index (Phi) is 5.04. The number of hydrogen-bond donors (Lipinski definition) is 0. The van der Waals surface area contributed by atoms with E-state index in [1.807, 2.05) is 0 Å². The van der Waals surface area contributed by atoms with Crippen LogP contribution in [0.5, 0.6) is 0 Å². The highest BCUT2D eigenvalue weighted by Gasteiger charge is 2.20. The van der Waals surface area contributed by atoms with Gasteiger partial charge in [0, 0.05) is 24.9 Å². The van der Waals surface area contributed by atoms with Crippen molar-refractivity contribution in [2.75, 3.05) is 13.1 Å². The monoisotopic (exact) mass is 221 g/mol. The molecule has 88 valence electrons. The quantitative estimate of drug-likeness (QED) is 0.402. The maximum Gasteiger partial charge on any atom is 0.229 e. The predicted molar refractivity (Wildman–Crippen MR) is 62.6 cm³/mol. The zero-order valence-corrected chi connectivity index (χ0v) is 10.0. The van der Waals surface area contributed by atoms with Crippen molar-refractivity contribution in [1.29, 1.82) is 0 Å². The van der Waals surface area contributed by atoms with Gasteiger partial charge in [0.1, 0.15) is 6.29 Å². The van der Waals surface area contributed by atoms with E-state index in [0.29, 0.717) is 18.1 Å². The fourth-order valence-corrected chi connectivity index (χ4v) is 1.76. The molecule has 1 saturated heterocycles. The number of nitrogens with zero attached hydrogens (tertiary/aromatic N) is 1. The second-order valence-corrected chi connectivity index (χ2v) is 4.47. The molecule has 0 saturated carbocycles. The number of rotatable bonds is 2. The minimum atomic E-state index is -0.0507. The van der Waals surface area contributed by atoms with E-state index in [-0.39, 0.29) is 12.3 Å². The normalized spacial score (nSPS) is 16.8. The average Bonchev–Trinajstić information content (AvgIpc) is 2.27. The Labute approximate surface area is 97.2 Å². The zero-order valence-electron chi connectivity index (χ0n) is 10.0. The molecule has 0 N–H and O–H groups in total. The summed E-state index contributed by atoms with van der Waals surface area (Å²) in [6.45, 7) is 5.64. The second kappa shape index (κ2) is 6.32. The smallest absolute Gasteiger partial charge is 0.229 e. The van der Waals surface area contributed by atoms with Crippen LogP contribution >= 0.6 is 0 Å². The number of amides is 1. The lowest BCUT2D eigenvalue weighted by Crippen LogP contribution is -2.38. The van der Waals surface area contributed by atoms with Gasteiger partial charge in [-0.3, -0.25) is 4.79 Å². The number of likely N-dealkylation sites (tertiary alicyclic amines) is 1. The van der Waals surface area contributed by atoms with Gasteiger partial charge in [-0.05, 0) is 12.8 Å². The lowest BCUT2D eigenvalue weighted by Gasteiger charge is -2.29. The topological polar surface area (TPSA) is 37.4 Å². The number of carbonyl (C=O) groups is 2. The van der Waals surface area contributed by atoms with Crippen molar-refractivity contribution in [1.82, 2.24) is 4.90 Å². The molecule has 0 spiro atoms. The van der Waals surface area contributed by atoms with Crippen LogP contribution in [0.1, 0.15) is 33.1 Å². The number of piperidine rings is 1. The third kappa shape index (κ3) is 4.06. The third-order valence-corrected chi connectivity index (χ3v) is 2.68. The highest BCUT2D eigenvalue weighted by atomic mass is 16.2. The molecule has 1 aliphatic rings. The first-order valence-corrected chi connectivity index (χ1v) is 5.86. The SMILES string of the molecule is CC(C)C#CC1CCN(C(=O)CC=O)CC1. The summed E-state index contributed by atoms with van der Waals surface area (Å²) in [5.74, 6) is 7.21. The zero-order chi connectivity index (χ0) is 12.0. The fraction of sp³-hybridized carbons (Fsp3) is 0.692. The van der Waals surface area contributed by atoms with Crippen LogP contribution in [0, 0.1) is 23.7 Å². The van der Waals surface area contributed by atoms with E-state index in [2.05, 4.69) is 25.7 Å². The molecule has 0 bridgehead atoms. The summed E-state index contributed by atoms with van der Waals surface area (Å²) in [4.78, 5) is 23.4. The molecule has 0 aliphatic carbocycles. The first-order chi connectivity index (χ1) is 7.63. The van der Waals surface area contributed by atoms with E-state index in [9.17, 15) is 9.59 Å². The van der Waals surface area contributed by atoms with Gasteiger partial charge in [-0.25, -0.2) is 0 Å².